The van der Waals surface area contributed by atoms with E-state index < -0.39 is 10.0 Å². The zero-order valence-corrected chi connectivity index (χ0v) is 10.6. The molecular weight excluding hydrogens is 258 g/mol. The van der Waals surface area contributed by atoms with Crippen molar-refractivity contribution in [2.75, 3.05) is 36.9 Å². The van der Waals surface area contributed by atoms with Crippen LogP contribution in [-0.4, -0.2) is 44.9 Å². The zero-order chi connectivity index (χ0) is 13.8. The molecule has 0 heterocycles. The fraction of sp³-hybridized carbons (Fsp3) is 0.400. The molecule has 1 aromatic rings. The summed E-state index contributed by atoms with van der Waals surface area (Å²) in [6, 6.07) is 4.17. The summed E-state index contributed by atoms with van der Waals surface area (Å²) < 4.78 is 22.6. The third kappa shape index (κ3) is 3.84. The fourth-order valence-corrected chi connectivity index (χ4v) is 2.15. The number of nitrogen functional groups attached to an aromatic ring is 1. The molecule has 0 aliphatic heterocycles. The van der Waals surface area contributed by atoms with Gasteiger partial charge in [0.05, 0.1) is 18.1 Å². The lowest BCUT2D eigenvalue weighted by Gasteiger charge is -2.23. The van der Waals surface area contributed by atoms with Crippen LogP contribution in [0.25, 0.3) is 0 Å². The van der Waals surface area contributed by atoms with E-state index in [9.17, 15) is 8.42 Å². The summed E-state index contributed by atoms with van der Waals surface area (Å²) >= 11 is 0. The number of aliphatic hydroxyl groups excluding tert-OH is 2. The van der Waals surface area contributed by atoms with Crippen molar-refractivity contribution in [1.82, 2.24) is 0 Å². The first-order chi connectivity index (χ1) is 8.38. The van der Waals surface area contributed by atoms with Crippen molar-refractivity contribution in [2.24, 2.45) is 5.14 Å². The van der Waals surface area contributed by atoms with Crippen LogP contribution < -0.4 is 15.8 Å². The quantitative estimate of drug-likeness (QED) is 0.478. The van der Waals surface area contributed by atoms with E-state index in [1.54, 1.807) is 11.0 Å². The maximum atomic E-state index is 11.3. The van der Waals surface area contributed by atoms with Crippen LogP contribution in [-0.2, 0) is 10.0 Å². The maximum Gasteiger partial charge on any atom is 0.238 e. The van der Waals surface area contributed by atoms with Crippen LogP contribution >= 0.6 is 0 Å². The number of benzene rings is 1. The molecule has 0 amide bonds. The third-order valence-corrected chi connectivity index (χ3v) is 3.24. The number of hydrogen-bond acceptors (Lipinski definition) is 6. The van der Waals surface area contributed by atoms with Gasteiger partial charge in [0.15, 0.2) is 0 Å². The van der Waals surface area contributed by atoms with E-state index in [1.807, 2.05) is 0 Å². The van der Waals surface area contributed by atoms with Crippen molar-refractivity contribution >= 4 is 21.4 Å². The van der Waals surface area contributed by atoms with Gasteiger partial charge in [-0.2, -0.15) is 0 Å². The Hall–Kier alpha value is -1.35. The summed E-state index contributed by atoms with van der Waals surface area (Å²) in [6.45, 7) is 0.265. The Kier molecular flexibility index (Phi) is 4.91. The van der Waals surface area contributed by atoms with E-state index in [0.717, 1.165) is 0 Å². The fourth-order valence-electron chi connectivity index (χ4n) is 1.56. The number of rotatable bonds is 6. The Morgan fingerprint density at radius 2 is 1.67 bits per heavy atom. The molecule has 0 aliphatic rings. The predicted octanol–water partition coefficient (Wildman–Crippen LogP) is -1.29. The molecule has 7 nitrogen and oxygen atoms in total. The number of aliphatic hydroxyl groups is 2. The maximum absolute atomic E-state index is 11.3. The lowest BCUT2D eigenvalue weighted by Crippen LogP contribution is -2.30. The average molecular weight is 275 g/mol. The van der Waals surface area contributed by atoms with E-state index >= 15 is 0 Å². The number of hydrogen-bond donors (Lipinski definition) is 4. The highest BCUT2D eigenvalue weighted by Crippen LogP contribution is 2.22. The molecule has 0 aliphatic carbocycles. The predicted molar refractivity (Wildman–Crippen MR) is 68.6 cm³/mol. The molecule has 0 spiro atoms. The monoisotopic (exact) mass is 275 g/mol. The molecule has 0 aromatic heterocycles. The van der Waals surface area contributed by atoms with Gasteiger partial charge in [0.2, 0.25) is 10.0 Å². The molecule has 102 valence electrons. The van der Waals surface area contributed by atoms with E-state index in [4.69, 9.17) is 21.1 Å². The molecule has 0 saturated carbocycles. The van der Waals surface area contributed by atoms with Gasteiger partial charge in [-0.1, -0.05) is 0 Å². The van der Waals surface area contributed by atoms with Crippen LogP contribution in [0.1, 0.15) is 0 Å². The smallest absolute Gasteiger partial charge is 0.238 e. The summed E-state index contributed by atoms with van der Waals surface area (Å²) in [6.07, 6.45) is 0. The summed E-state index contributed by atoms with van der Waals surface area (Å²) in [5, 5.41) is 22.9. The number of nitrogens with zero attached hydrogens (tertiary/aromatic N) is 1. The van der Waals surface area contributed by atoms with Gasteiger partial charge >= 0.3 is 0 Å². The molecule has 0 saturated heterocycles. The molecule has 8 heteroatoms. The summed E-state index contributed by atoms with van der Waals surface area (Å²) in [5.41, 5.74) is 6.35. The van der Waals surface area contributed by atoms with Crippen molar-refractivity contribution < 1.29 is 18.6 Å². The van der Waals surface area contributed by atoms with Crippen LogP contribution in [0.3, 0.4) is 0 Å². The van der Waals surface area contributed by atoms with Crippen LogP contribution in [0.2, 0.25) is 0 Å². The van der Waals surface area contributed by atoms with Gasteiger partial charge in [-0.05, 0) is 18.2 Å². The van der Waals surface area contributed by atoms with Gasteiger partial charge in [0.25, 0.3) is 0 Å². The molecule has 0 radical (unpaired) electrons. The highest BCUT2D eigenvalue weighted by molar-refractivity contribution is 7.89. The Morgan fingerprint density at radius 3 is 2.11 bits per heavy atom. The van der Waals surface area contributed by atoms with Crippen LogP contribution in [0.15, 0.2) is 23.1 Å². The second kappa shape index (κ2) is 6.01. The van der Waals surface area contributed by atoms with Crippen LogP contribution in [0.5, 0.6) is 0 Å². The Labute approximate surface area is 106 Å². The minimum atomic E-state index is -3.84. The number of primary sulfonamides is 1. The van der Waals surface area contributed by atoms with Crippen molar-refractivity contribution in [2.45, 2.75) is 4.90 Å². The minimum Gasteiger partial charge on any atom is -0.399 e. The molecule has 0 atom stereocenters. The first-order valence-corrected chi connectivity index (χ1v) is 6.83. The Bertz CT molecular complexity index is 498. The Morgan fingerprint density at radius 1 is 1.11 bits per heavy atom. The lowest BCUT2D eigenvalue weighted by molar-refractivity contribution is 0.281. The molecule has 18 heavy (non-hydrogen) atoms. The van der Waals surface area contributed by atoms with Gasteiger partial charge in [-0.15, -0.1) is 0 Å². The first-order valence-electron chi connectivity index (χ1n) is 5.28. The van der Waals surface area contributed by atoms with Crippen LogP contribution in [0, 0.1) is 0 Å². The highest BCUT2D eigenvalue weighted by atomic mass is 32.2. The molecule has 1 aromatic carbocycles. The lowest BCUT2D eigenvalue weighted by atomic mass is 10.2. The van der Waals surface area contributed by atoms with E-state index in [2.05, 4.69) is 0 Å². The van der Waals surface area contributed by atoms with Crippen molar-refractivity contribution in [3.8, 4) is 0 Å². The number of nitrogens with two attached hydrogens (primary N) is 2. The second-order valence-electron chi connectivity index (χ2n) is 3.74. The minimum absolute atomic E-state index is 0.0987. The third-order valence-electron chi connectivity index (χ3n) is 2.35. The molecule has 6 N–H and O–H groups in total. The van der Waals surface area contributed by atoms with Gasteiger partial charge in [-0.25, -0.2) is 13.6 Å². The molecule has 0 fully saturated rings. The molecular formula is C10H17N3O4S. The van der Waals surface area contributed by atoms with Gasteiger partial charge in [0.1, 0.15) is 0 Å². The van der Waals surface area contributed by atoms with Gasteiger partial charge in [0, 0.05) is 24.5 Å². The zero-order valence-electron chi connectivity index (χ0n) is 9.78. The van der Waals surface area contributed by atoms with Crippen LogP contribution in [0.4, 0.5) is 11.4 Å². The van der Waals surface area contributed by atoms with E-state index in [1.165, 1.54) is 12.1 Å². The SMILES string of the molecule is Nc1cc(N(CCO)CCO)cc(S(N)(=O)=O)c1. The molecule has 0 unspecified atom stereocenters. The van der Waals surface area contributed by atoms with Crippen molar-refractivity contribution in [1.29, 1.82) is 0 Å². The molecule has 0 bridgehead atoms. The van der Waals surface area contributed by atoms with Gasteiger partial charge < -0.3 is 20.8 Å². The number of sulfonamides is 1. The summed E-state index contributed by atoms with van der Waals surface area (Å²) in [4.78, 5) is 1.52. The molecule has 1 rings (SSSR count). The normalized spacial score (nSPS) is 11.5. The standard InChI is InChI=1S/C10H17N3O4S/c11-8-5-9(13(1-3-14)2-4-15)7-10(6-8)18(12,16)17/h5-7,14-15H,1-4,11H2,(H2,12,16,17). The van der Waals surface area contributed by atoms with Crippen molar-refractivity contribution in [3.63, 3.8) is 0 Å². The summed E-state index contributed by atoms with van der Waals surface area (Å²) in [5.74, 6) is 0. The van der Waals surface area contributed by atoms with E-state index in [-0.39, 0.29) is 36.9 Å². The van der Waals surface area contributed by atoms with E-state index in [0.29, 0.717) is 5.69 Å². The van der Waals surface area contributed by atoms with Crippen molar-refractivity contribution in [3.05, 3.63) is 18.2 Å². The highest BCUT2D eigenvalue weighted by Gasteiger charge is 2.13. The largest absolute Gasteiger partial charge is 0.399 e. The Balaban J connectivity index is 3.18. The number of anilines is 2. The summed E-state index contributed by atoms with van der Waals surface area (Å²) in [7, 11) is -3.84. The first kappa shape index (κ1) is 14.7. The average Bonchev–Trinajstić information content (AvgIpc) is 2.27. The van der Waals surface area contributed by atoms with Gasteiger partial charge in [-0.3, -0.25) is 0 Å². The topological polar surface area (TPSA) is 130 Å². The second-order valence-corrected chi connectivity index (χ2v) is 5.30.